The largest absolute Gasteiger partial charge is 0.332 e. The number of aromatic nitrogens is 4. The van der Waals surface area contributed by atoms with Crippen molar-refractivity contribution in [2.24, 2.45) is 14.1 Å². The van der Waals surface area contributed by atoms with Crippen LogP contribution in [-0.2, 0) is 27.1 Å². The van der Waals surface area contributed by atoms with Crippen LogP contribution in [0.2, 0.25) is 0 Å². The highest BCUT2D eigenvalue weighted by Gasteiger charge is 2.14. The third-order valence-electron chi connectivity index (χ3n) is 4.24. The molecule has 0 amide bonds. The summed E-state index contributed by atoms with van der Waals surface area (Å²) in [5.41, 5.74) is 0.705. The fourth-order valence-electron chi connectivity index (χ4n) is 2.85. The van der Waals surface area contributed by atoms with E-state index < -0.39 is 24.1 Å². The molecule has 0 bridgehead atoms. The summed E-state index contributed by atoms with van der Waals surface area (Å²) in [5, 5.41) is 3.08. The summed E-state index contributed by atoms with van der Waals surface area (Å²) in [5.74, 6) is 0. The van der Waals surface area contributed by atoms with Crippen LogP contribution >= 0.6 is 0 Å². The van der Waals surface area contributed by atoms with Gasteiger partial charge in [-0.25, -0.2) is 9.78 Å². The van der Waals surface area contributed by atoms with Gasteiger partial charge >= 0.3 is 5.69 Å². The molecule has 1 aromatic carbocycles. The molecule has 0 spiro atoms. The fraction of sp³-hybridized carbons (Fsp3) is 0.389. The molecule has 7 heteroatoms. The second-order valence-corrected chi connectivity index (χ2v) is 6.01. The third-order valence-corrected chi connectivity index (χ3v) is 4.24. The lowest BCUT2D eigenvalue weighted by molar-refractivity contribution is 0.515. The molecular weight excluding hydrogens is 318 g/mol. The first-order chi connectivity index (χ1) is 13.2. The summed E-state index contributed by atoms with van der Waals surface area (Å²) in [6.45, 7) is -1.47. The zero-order chi connectivity index (χ0) is 20.5. The molecule has 0 fully saturated rings. The Hall–Kier alpha value is -2.67. The Balaban J connectivity index is 1.78. The number of rotatable bonds is 6. The van der Waals surface area contributed by atoms with E-state index >= 15 is 0 Å². The zero-order valence-corrected chi connectivity index (χ0v) is 14.3. The molecule has 25 heavy (non-hydrogen) atoms. The molecule has 0 saturated heterocycles. The number of nitrogens with zero attached hydrogens (tertiary/aromatic N) is 4. The van der Waals surface area contributed by atoms with Gasteiger partial charge in [0.1, 0.15) is 0 Å². The summed E-state index contributed by atoms with van der Waals surface area (Å²) in [7, 11) is 2.98. The van der Waals surface area contributed by atoms with E-state index in [4.69, 9.17) is 4.11 Å². The van der Waals surface area contributed by atoms with Crippen molar-refractivity contribution in [3.63, 3.8) is 0 Å². The van der Waals surface area contributed by atoms with E-state index in [9.17, 15) is 9.59 Å². The van der Waals surface area contributed by atoms with Gasteiger partial charge in [-0.05, 0) is 18.8 Å². The van der Waals surface area contributed by atoms with E-state index in [1.807, 2.05) is 30.3 Å². The molecule has 3 rings (SSSR count). The van der Waals surface area contributed by atoms with Crippen LogP contribution in [0.15, 0.2) is 46.2 Å². The Labute approximate surface area is 149 Å². The van der Waals surface area contributed by atoms with Crippen LogP contribution in [0.25, 0.3) is 11.2 Å². The van der Waals surface area contributed by atoms with Crippen molar-refractivity contribution in [3.8, 4) is 0 Å². The van der Waals surface area contributed by atoms with E-state index in [0.717, 1.165) is 10.1 Å². The van der Waals surface area contributed by atoms with Crippen LogP contribution in [0.3, 0.4) is 0 Å². The van der Waals surface area contributed by atoms with Gasteiger partial charge in [-0.2, -0.15) is 0 Å². The molecule has 0 radical (unpaired) electrons. The Morgan fingerprint density at radius 2 is 1.96 bits per heavy atom. The predicted molar refractivity (Wildman–Crippen MR) is 97.8 cm³/mol. The van der Waals surface area contributed by atoms with Crippen LogP contribution < -0.4 is 16.6 Å². The van der Waals surface area contributed by atoms with Gasteiger partial charge in [0.25, 0.3) is 5.56 Å². The maximum absolute atomic E-state index is 12.5. The van der Waals surface area contributed by atoms with Crippen molar-refractivity contribution >= 4 is 11.2 Å². The molecule has 0 aliphatic carbocycles. The number of fused-ring (bicyclic) bond motifs is 1. The highest BCUT2D eigenvalue weighted by atomic mass is 16.2. The molecule has 1 N–H and O–H groups in total. The number of benzene rings is 1. The van der Waals surface area contributed by atoms with Crippen LogP contribution in [0.4, 0.5) is 0 Å². The summed E-state index contributed by atoms with van der Waals surface area (Å²) in [6, 6.07) is 8.73. The van der Waals surface area contributed by atoms with Gasteiger partial charge in [-0.15, -0.1) is 0 Å². The monoisotopic (exact) mass is 344 g/mol. The van der Waals surface area contributed by atoms with E-state index in [-0.39, 0.29) is 0 Å². The zero-order valence-electron chi connectivity index (χ0n) is 17.3. The molecule has 2 aromatic heterocycles. The average Bonchev–Trinajstić information content (AvgIpc) is 3.08. The maximum atomic E-state index is 12.5. The van der Waals surface area contributed by atoms with Crippen molar-refractivity contribution in [2.75, 3.05) is 6.54 Å². The van der Waals surface area contributed by atoms with E-state index in [1.54, 1.807) is 11.6 Å². The molecule has 132 valence electrons. The molecule has 0 aliphatic heterocycles. The van der Waals surface area contributed by atoms with Crippen LogP contribution in [0.1, 0.15) is 16.5 Å². The van der Waals surface area contributed by atoms with Crippen molar-refractivity contribution in [1.82, 2.24) is 24.0 Å². The number of aryl methyl sites for hydroxylation is 1. The van der Waals surface area contributed by atoms with Crippen LogP contribution in [-0.4, -0.2) is 31.3 Å². The van der Waals surface area contributed by atoms with Gasteiger partial charge in [0.05, 0.1) is 6.33 Å². The Kier molecular flexibility index (Phi) is 3.84. The average molecular weight is 344 g/mol. The second kappa shape index (κ2) is 7.06. The van der Waals surface area contributed by atoms with Gasteiger partial charge in [-0.3, -0.25) is 13.9 Å². The smallest absolute Gasteiger partial charge is 0.323 e. The Morgan fingerprint density at radius 1 is 1.20 bits per heavy atom. The van der Waals surface area contributed by atoms with Gasteiger partial charge in [0.2, 0.25) is 0 Å². The maximum Gasteiger partial charge on any atom is 0.332 e. The highest BCUT2D eigenvalue weighted by Crippen LogP contribution is 2.05. The Morgan fingerprint density at radius 3 is 2.68 bits per heavy atom. The van der Waals surface area contributed by atoms with E-state index in [1.165, 1.54) is 17.9 Å². The summed E-state index contributed by atoms with van der Waals surface area (Å²) < 4.78 is 27.4. The van der Waals surface area contributed by atoms with Crippen molar-refractivity contribution < 1.29 is 4.11 Å². The second-order valence-electron chi connectivity index (χ2n) is 6.01. The fourth-order valence-corrected chi connectivity index (χ4v) is 2.85. The quantitative estimate of drug-likeness (QED) is 0.713. The van der Waals surface area contributed by atoms with Gasteiger partial charge in [0, 0.05) is 37.3 Å². The van der Waals surface area contributed by atoms with Crippen LogP contribution in [0.5, 0.6) is 0 Å². The third kappa shape index (κ3) is 3.41. The Bertz CT molecular complexity index is 1080. The molecule has 1 unspecified atom stereocenters. The normalized spacial score (nSPS) is 14.9. The first-order valence-corrected chi connectivity index (χ1v) is 8.08. The number of hydrogen-bond donors (Lipinski definition) is 1. The van der Waals surface area contributed by atoms with Gasteiger partial charge in [-0.1, -0.05) is 30.3 Å². The standard InChI is InChI=1S/C18H23N5O2/c1-13(11-14-7-5-4-6-8-14)19-9-10-23-12-20-16-15(23)17(24)22(3)18(25)21(16)2/h4-8,12-13,19H,9-11H2,1-3H3/i1D3. The van der Waals surface area contributed by atoms with Crippen LogP contribution in [0, 0.1) is 0 Å². The molecule has 2 heterocycles. The lowest BCUT2D eigenvalue weighted by Crippen LogP contribution is -2.38. The summed E-state index contributed by atoms with van der Waals surface area (Å²) >= 11 is 0. The van der Waals surface area contributed by atoms with Gasteiger partial charge < -0.3 is 9.88 Å². The molecule has 7 nitrogen and oxygen atoms in total. The summed E-state index contributed by atoms with van der Waals surface area (Å²) in [6.07, 6.45) is 1.87. The van der Waals surface area contributed by atoms with Crippen molar-refractivity contribution in [3.05, 3.63) is 63.1 Å². The van der Waals surface area contributed by atoms with Crippen molar-refractivity contribution in [1.29, 1.82) is 0 Å². The number of hydrogen-bond acceptors (Lipinski definition) is 4. The first-order valence-electron chi connectivity index (χ1n) is 9.58. The molecular formula is C18H23N5O2. The first kappa shape index (κ1) is 13.6. The lowest BCUT2D eigenvalue weighted by atomic mass is 10.1. The molecule has 3 aromatic rings. The van der Waals surface area contributed by atoms with Crippen molar-refractivity contribution in [2.45, 2.75) is 25.9 Å². The molecule has 0 saturated carbocycles. The molecule has 0 aliphatic rings. The topological polar surface area (TPSA) is 73.8 Å². The lowest BCUT2D eigenvalue weighted by Gasteiger charge is -2.14. The van der Waals surface area contributed by atoms with E-state index in [0.29, 0.717) is 30.7 Å². The number of nitrogens with one attached hydrogen (secondary N) is 1. The molecule has 1 atom stereocenters. The summed E-state index contributed by atoms with van der Waals surface area (Å²) in [4.78, 5) is 28.6. The SMILES string of the molecule is [2H]C([2H])([2H])C(Cc1ccccc1)NCCn1cnc2c1c(=O)n(C)c(=O)n2C. The minimum atomic E-state index is -2.16. The van der Waals surface area contributed by atoms with Gasteiger partial charge in [0.15, 0.2) is 11.2 Å². The predicted octanol–water partition coefficient (Wildman–Crippen LogP) is 0.654. The number of imidazole rings is 1. The minimum absolute atomic E-state index is 0.310. The van der Waals surface area contributed by atoms with E-state index in [2.05, 4.69) is 10.3 Å². The highest BCUT2D eigenvalue weighted by molar-refractivity contribution is 5.69. The minimum Gasteiger partial charge on any atom is -0.323 e.